The number of aryl methyl sites for hydroxylation is 2. The lowest BCUT2D eigenvalue weighted by molar-refractivity contribution is -0.121. The van der Waals surface area contributed by atoms with Gasteiger partial charge in [-0.1, -0.05) is 30.3 Å². The smallest absolute Gasteiger partial charge is 0.232 e. The number of nitriles is 1. The summed E-state index contributed by atoms with van der Waals surface area (Å²) in [7, 11) is 0. The first-order chi connectivity index (χ1) is 14.9. The average Bonchev–Trinajstić information content (AvgIpc) is 3.41. The molecule has 4 rings (SSSR count). The Kier molecular flexibility index (Phi) is 5.15. The summed E-state index contributed by atoms with van der Waals surface area (Å²) in [6, 6.07) is 15.2. The van der Waals surface area contributed by atoms with Crippen LogP contribution in [-0.4, -0.2) is 27.5 Å². The number of aromatic nitrogens is 3. The van der Waals surface area contributed by atoms with Crippen LogP contribution in [-0.2, 0) is 10.2 Å². The van der Waals surface area contributed by atoms with Gasteiger partial charge in [0.1, 0.15) is 17.7 Å². The van der Waals surface area contributed by atoms with Crippen molar-refractivity contribution < 1.29 is 9.53 Å². The van der Waals surface area contributed by atoms with E-state index in [2.05, 4.69) is 20.3 Å². The highest BCUT2D eigenvalue weighted by atomic mass is 16.5. The first kappa shape index (κ1) is 20.5. The first-order valence-corrected chi connectivity index (χ1v) is 10.0. The van der Waals surface area contributed by atoms with Crippen LogP contribution in [0.4, 0.5) is 5.82 Å². The maximum absolute atomic E-state index is 13.3. The Morgan fingerprint density at radius 3 is 2.58 bits per heavy atom. The van der Waals surface area contributed by atoms with E-state index < -0.39 is 10.8 Å². The summed E-state index contributed by atoms with van der Waals surface area (Å²) in [5.41, 5.74) is 1.10. The minimum atomic E-state index is -0.677. The van der Waals surface area contributed by atoms with Crippen LogP contribution in [0.25, 0.3) is 0 Å². The lowest BCUT2D eigenvalue weighted by Gasteiger charge is -2.24. The normalized spacial score (nSPS) is 21.7. The van der Waals surface area contributed by atoms with Crippen LogP contribution in [0.15, 0.2) is 54.9 Å². The molecule has 1 fully saturated rings. The van der Waals surface area contributed by atoms with E-state index in [1.165, 1.54) is 6.20 Å². The second-order valence-electron chi connectivity index (χ2n) is 8.11. The molecule has 2 heterocycles. The van der Waals surface area contributed by atoms with Gasteiger partial charge in [-0.25, -0.2) is 15.0 Å². The van der Waals surface area contributed by atoms with Crippen molar-refractivity contribution in [2.45, 2.75) is 32.6 Å². The molecule has 31 heavy (non-hydrogen) atoms. The molecule has 0 spiro atoms. The maximum Gasteiger partial charge on any atom is 0.232 e. The first-order valence-electron chi connectivity index (χ1n) is 10.0. The minimum absolute atomic E-state index is 0.131. The van der Waals surface area contributed by atoms with Crippen LogP contribution in [0.1, 0.15) is 36.0 Å². The Labute approximate surface area is 181 Å². The van der Waals surface area contributed by atoms with E-state index in [-0.39, 0.29) is 5.91 Å². The third-order valence-electron chi connectivity index (χ3n) is 6.08. The van der Waals surface area contributed by atoms with Crippen LogP contribution < -0.4 is 10.1 Å². The van der Waals surface area contributed by atoms with Gasteiger partial charge >= 0.3 is 0 Å². The highest BCUT2D eigenvalue weighted by Crippen LogP contribution is 2.65. The van der Waals surface area contributed by atoms with Gasteiger partial charge in [-0.3, -0.25) is 4.79 Å². The molecule has 7 nitrogen and oxygen atoms in total. The summed E-state index contributed by atoms with van der Waals surface area (Å²) < 4.78 is 6.14. The Morgan fingerprint density at radius 2 is 1.94 bits per heavy atom. The fraction of sp³-hybridized carbons (Fsp3) is 0.292. The van der Waals surface area contributed by atoms with E-state index in [4.69, 9.17) is 10.00 Å². The number of hydrogen-bond donors (Lipinski definition) is 1. The fourth-order valence-electron chi connectivity index (χ4n) is 4.03. The molecule has 1 N–H and O–H groups in total. The zero-order valence-electron chi connectivity index (χ0n) is 17.7. The molecule has 1 aliphatic rings. The lowest BCUT2D eigenvalue weighted by Crippen LogP contribution is -2.33. The molecule has 0 unspecified atom stereocenters. The van der Waals surface area contributed by atoms with Gasteiger partial charge in [0.05, 0.1) is 29.5 Å². The van der Waals surface area contributed by atoms with Crippen molar-refractivity contribution in [2.75, 3.05) is 11.9 Å². The van der Waals surface area contributed by atoms with Crippen molar-refractivity contribution in [1.29, 1.82) is 5.26 Å². The molecular weight excluding hydrogens is 390 g/mol. The minimum Gasteiger partial charge on any atom is -0.489 e. The van der Waals surface area contributed by atoms with Crippen LogP contribution >= 0.6 is 0 Å². The molecule has 1 aliphatic carbocycles. The second-order valence-corrected chi connectivity index (χ2v) is 8.11. The van der Waals surface area contributed by atoms with Gasteiger partial charge in [-0.2, -0.15) is 5.26 Å². The Hall–Kier alpha value is -3.79. The highest BCUT2D eigenvalue weighted by molar-refractivity contribution is 5.98. The SMILES string of the molecule is Cc1ncc(OC[C@@]2(c3ccccc3)C[C@@]2(C)C(=O)Nc2ccc(C#N)cn2)c(C)n1. The Balaban J connectivity index is 1.58. The summed E-state index contributed by atoms with van der Waals surface area (Å²) in [6.45, 7) is 5.99. The van der Waals surface area contributed by atoms with Gasteiger partial charge in [0.25, 0.3) is 0 Å². The maximum atomic E-state index is 13.3. The van der Waals surface area contributed by atoms with Crippen molar-refractivity contribution in [3.8, 4) is 11.8 Å². The second kappa shape index (κ2) is 7.80. The van der Waals surface area contributed by atoms with Gasteiger partial charge in [0.15, 0.2) is 5.75 Å². The monoisotopic (exact) mass is 413 g/mol. The molecule has 2 aromatic heterocycles. The average molecular weight is 413 g/mol. The van der Waals surface area contributed by atoms with Crippen molar-refractivity contribution >= 4 is 11.7 Å². The van der Waals surface area contributed by atoms with Crippen molar-refractivity contribution in [1.82, 2.24) is 15.0 Å². The highest BCUT2D eigenvalue weighted by Gasteiger charge is 2.70. The number of rotatable bonds is 6. The zero-order valence-corrected chi connectivity index (χ0v) is 17.7. The number of nitrogens with one attached hydrogen (secondary N) is 1. The number of anilines is 1. The van der Waals surface area contributed by atoms with Crippen molar-refractivity contribution in [2.24, 2.45) is 5.41 Å². The van der Waals surface area contributed by atoms with Crippen LogP contribution in [0.2, 0.25) is 0 Å². The molecular formula is C24H23N5O2. The molecule has 1 aromatic carbocycles. The molecule has 0 saturated heterocycles. The predicted octanol–water partition coefficient (Wildman–Crippen LogP) is 3.73. The topological polar surface area (TPSA) is 101 Å². The number of carbonyl (C=O) groups is 1. The quantitative estimate of drug-likeness (QED) is 0.661. The number of ether oxygens (including phenoxy) is 1. The molecule has 1 amide bonds. The summed E-state index contributed by atoms with van der Waals surface area (Å²) >= 11 is 0. The number of carbonyl (C=O) groups excluding carboxylic acids is 1. The molecule has 0 aliphatic heterocycles. The molecule has 7 heteroatoms. The summed E-state index contributed by atoms with van der Waals surface area (Å²) in [6.07, 6.45) is 3.76. The Morgan fingerprint density at radius 1 is 1.16 bits per heavy atom. The number of amides is 1. The van der Waals surface area contributed by atoms with Gasteiger partial charge < -0.3 is 10.1 Å². The van der Waals surface area contributed by atoms with E-state index in [0.717, 1.165) is 11.3 Å². The zero-order chi connectivity index (χ0) is 22.1. The van der Waals surface area contributed by atoms with Crippen molar-refractivity contribution in [3.63, 3.8) is 0 Å². The predicted molar refractivity (Wildman–Crippen MR) is 115 cm³/mol. The summed E-state index contributed by atoms with van der Waals surface area (Å²) in [5, 5.41) is 11.8. The summed E-state index contributed by atoms with van der Waals surface area (Å²) in [5.74, 6) is 1.59. The third kappa shape index (κ3) is 3.73. The molecule has 3 aromatic rings. The van der Waals surface area contributed by atoms with Crippen LogP contribution in [0.5, 0.6) is 5.75 Å². The van der Waals surface area contributed by atoms with Gasteiger partial charge in [0.2, 0.25) is 5.91 Å². The molecule has 0 bridgehead atoms. The number of nitrogens with zero attached hydrogens (tertiary/aromatic N) is 4. The van der Waals surface area contributed by atoms with Crippen LogP contribution in [0, 0.1) is 30.6 Å². The summed E-state index contributed by atoms with van der Waals surface area (Å²) in [4.78, 5) is 26.0. The Bertz CT molecular complexity index is 1160. The number of benzene rings is 1. The van der Waals surface area contributed by atoms with E-state index in [0.29, 0.717) is 36.0 Å². The lowest BCUT2D eigenvalue weighted by atomic mass is 9.87. The molecule has 156 valence electrons. The van der Waals surface area contributed by atoms with Crippen molar-refractivity contribution in [3.05, 3.63) is 77.5 Å². The molecule has 1 saturated carbocycles. The van der Waals surface area contributed by atoms with E-state index >= 15 is 0 Å². The molecule has 0 radical (unpaired) electrons. The molecule has 2 atom stereocenters. The number of hydrogen-bond acceptors (Lipinski definition) is 6. The third-order valence-corrected chi connectivity index (χ3v) is 6.08. The van der Waals surface area contributed by atoms with Gasteiger partial charge in [0, 0.05) is 11.6 Å². The fourth-order valence-corrected chi connectivity index (χ4v) is 4.03. The van der Waals surface area contributed by atoms with Crippen LogP contribution in [0.3, 0.4) is 0 Å². The standard InChI is InChI=1S/C24H23N5O2/c1-16-20(13-26-17(2)28-16)31-15-24(19-7-5-4-6-8-19)14-23(24,3)22(30)29-21-10-9-18(11-25)12-27-21/h4-10,12-13H,14-15H2,1-3H3,(H,27,29,30)/t23-,24+/m0/s1. The number of pyridine rings is 1. The van der Waals surface area contributed by atoms with E-state index in [1.54, 1.807) is 18.3 Å². The van der Waals surface area contributed by atoms with E-state index in [1.807, 2.05) is 57.2 Å². The van der Waals surface area contributed by atoms with E-state index in [9.17, 15) is 4.79 Å². The van der Waals surface area contributed by atoms with Gasteiger partial charge in [-0.05, 0) is 44.9 Å². The largest absolute Gasteiger partial charge is 0.489 e. The van der Waals surface area contributed by atoms with Gasteiger partial charge in [-0.15, -0.1) is 0 Å².